The van der Waals surface area contributed by atoms with Crippen molar-refractivity contribution in [1.29, 1.82) is 10.5 Å². The fourth-order valence-electron chi connectivity index (χ4n) is 2.85. The highest BCUT2D eigenvalue weighted by Crippen LogP contribution is 2.33. The van der Waals surface area contributed by atoms with Gasteiger partial charge in [-0.2, -0.15) is 10.5 Å². The highest BCUT2D eigenvalue weighted by Gasteiger charge is 2.15. The van der Waals surface area contributed by atoms with Gasteiger partial charge in [0, 0.05) is 21.1 Å². The lowest BCUT2D eigenvalue weighted by molar-refractivity contribution is 1.09. The number of benzene rings is 2. The second-order valence-corrected chi connectivity index (χ2v) is 6.47. The maximum atomic E-state index is 9.10. The molecular formula is C21H14BrN3. The minimum Gasteiger partial charge on any atom is -0.308 e. The predicted molar refractivity (Wildman–Crippen MR) is 104 cm³/mol. The summed E-state index contributed by atoms with van der Waals surface area (Å²) in [7, 11) is 0. The molecule has 3 rings (SSSR count). The van der Waals surface area contributed by atoms with Crippen molar-refractivity contribution >= 4 is 32.9 Å². The van der Waals surface area contributed by atoms with E-state index >= 15 is 0 Å². The number of fused-ring (bicyclic) bond motifs is 1. The molecule has 0 aliphatic rings. The van der Waals surface area contributed by atoms with E-state index < -0.39 is 0 Å². The highest BCUT2D eigenvalue weighted by molar-refractivity contribution is 9.10. The van der Waals surface area contributed by atoms with Crippen molar-refractivity contribution in [2.45, 2.75) is 6.92 Å². The molecule has 4 heteroatoms. The second-order valence-electron chi connectivity index (χ2n) is 5.61. The summed E-state index contributed by atoms with van der Waals surface area (Å²) in [5.41, 5.74) is 5.09. The molecule has 0 saturated carbocycles. The summed E-state index contributed by atoms with van der Waals surface area (Å²) in [6.45, 7) is 5.77. The number of para-hydroxylation sites is 1. The van der Waals surface area contributed by atoms with Crippen molar-refractivity contribution in [3.8, 4) is 17.8 Å². The molecule has 3 aromatic rings. The minimum absolute atomic E-state index is 0.398. The molecule has 0 aliphatic heterocycles. The molecule has 0 saturated heterocycles. The molecule has 0 aliphatic carbocycles. The van der Waals surface area contributed by atoms with Gasteiger partial charge in [0.15, 0.2) is 0 Å². The standard InChI is InChI=1S/C21H14BrN3/c1-14(12-23)7-9-19-15(2)17-5-3-4-6-20(17)25(19)21-10-8-16(13-24)11-18(21)22/h3-11H,1H2,2H3/b9-7-. The molecule has 0 N–H and O–H groups in total. The molecule has 1 heterocycles. The summed E-state index contributed by atoms with van der Waals surface area (Å²) in [6, 6.07) is 17.9. The molecule has 0 unspecified atom stereocenters. The Labute approximate surface area is 154 Å². The van der Waals surface area contributed by atoms with Crippen molar-refractivity contribution in [1.82, 2.24) is 4.57 Å². The van der Waals surface area contributed by atoms with E-state index in [-0.39, 0.29) is 0 Å². The van der Waals surface area contributed by atoms with Gasteiger partial charge in [0.1, 0.15) is 0 Å². The third kappa shape index (κ3) is 3.01. The Kier molecular flexibility index (Phi) is 4.57. The zero-order chi connectivity index (χ0) is 18.0. The van der Waals surface area contributed by atoms with Gasteiger partial charge in [0.2, 0.25) is 0 Å². The third-order valence-corrected chi connectivity index (χ3v) is 4.71. The Bertz CT molecular complexity index is 1100. The number of aryl methyl sites for hydroxylation is 1. The molecule has 25 heavy (non-hydrogen) atoms. The van der Waals surface area contributed by atoms with Gasteiger partial charge >= 0.3 is 0 Å². The van der Waals surface area contributed by atoms with Crippen molar-refractivity contribution in [2.75, 3.05) is 0 Å². The van der Waals surface area contributed by atoms with Crippen LogP contribution in [0, 0.1) is 29.6 Å². The van der Waals surface area contributed by atoms with Crippen LogP contribution in [0.2, 0.25) is 0 Å². The molecule has 2 aromatic carbocycles. The Hall–Kier alpha value is -3.08. The first-order valence-electron chi connectivity index (χ1n) is 7.64. The van der Waals surface area contributed by atoms with Crippen LogP contribution in [0.1, 0.15) is 16.8 Å². The molecule has 0 spiro atoms. The van der Waals surface area contributed by atoms with Gasteiger partial charge in [0.25, 0.3) is 0 Å². The lowest BCUT2D eigenvalue weighted by Gasteiger charge is -2.12. The Balaban J connectivity index is 2.34. The summed E-state index contributed by atoms with van der Waals surface area (Å²) in [4.78, 5) is 0. The third-order valence-electron chi connectivity index (χ3n) is 4.08. The Morgan fingerprint density at radius 1 is 1.20 bits per heavy atom. The van der Waals surface area contributed by atoms with Crippen LogP contribution in [0.15, 0.2) is 65.2 Å². The van der Waals surface area contributed by atoms with Crippen LogP contribution in [0.5, 0.6) is 0 Å². The summed E-state index contributed by atoms with van der Waals surface area (Å²) in [5, 5.41) is 19.2. The fraction of sp³-hybridized carbons (Fsp3) is 0.0476. The second kappa shape index (κ2) is 6.81. The minimum atomic E-state index is 0.398. The lowest BCUT2D eigenvalue weighted by atomic mass is 10.1. The van der Waals surface area contributed by atoms with E-state index in [2.05, 4.69) is 52.2 Å². The summed E-state index contributed by atoms with van der Waals surface area (Å²) >= 11 is 3.58. The van der Waals surface area contributed by atoms with Crippen molar-refractivity contribution in [3.63, 3.8) is 0 Å². The summed E-state index contributed by atoms with van der Waals surface area (Å²) in [6.07, 6.45) is 3.63. The van der Waals surface area contributed by atoms with E-state index in [1.165, 1.54) is 0 Å². The Morgan fingerprint density at radius 3 is 2.64 bits per heavy atom. The van der Waals surface area contributed by atoms with Crippen LogP contribution >= 0.6 is 15.9 Å². The van der Waals surface area contributed by atoms with Gasteiger partial charge in [-0.15, -0.1) is 0 Å². The number of hydrogen-bond acceptors (Lipinski definition) is 2. The van der Waals surface area contributed by atoms with E-state index in [1.807, 2.05) is 30.3 Å². The number of aromatic nitrogens is 1. The van der Waals surface area contributed by atoms with Crippen LogP contribution in [0.25, 0.3) is 22.7 Å². The molecule has 1 aromatic heterocycles. The maximum absolute atomic E-state index is 9.10. The van der Waals surface area contributed by atoms with Gasteiger partial charge in [-0.1, -0.05) is 24.8 Å². The molecule has 0 bridgehead atoms. The van der Waals surface area contributed by atoms with E-state index in [0.29, 0.717) is 11.1 Å². The number of allylic oxidation sites excluding steroid dienone is 2. The van der Waals surface area contributed by atoms with E-state index in [1.54, 1.807) is 18.2 Å². The maximum Gasteiger partial charge on any atom is 0.0992 e. The first-order valence-corrected chi connectivity index (χ1v) is 8.43. The molecule has 3 nitrogen and oxygen atoms in total. The fourth-order valence-corrected chi connectivity index (χ4v) is 3.41. The SMILES string of the molecule is C=C(C#N)/C=C\c1c(C)c2ccccc2n1-c1ccc(C#N)cc1Br. The molecule has 0 fully saturated rings. The van der Waals surface area contributed by atoms with Crippen molar-refractivity contribution in [3.05, 3.63) is 82.0 Å². The molecule has 0 radical (unpaired) electrons. The monoisotopic (exact) mass is 387 g/mol. The van der Waals surface area contributed by atoms with Crippen LogP contribution in [0.4, 0.5) is 0 Å². The number of hydrogen-bond donors (Lipinski definition) is 0. The van der Waals surface area contributed by atoms with Crippen molar-refractivity contribution in [2.24, 2.45) is 0 Å². The van der Waals surface area contributed by atoms with Gasteiger partial charge < -0.3 is 4.57 Å². The zero-order valence-electron chi connectivity index (χ0n) is 13.6. The van der Waals surface area contributed by atoms with E-state index in [9.17, 15) is 0 Å². The molecule has 120 valence electrons. The average molecular weight is 388 g/mol. The molecule has 0 amide bonds. The van der Waals surface area contributed by atoms with E-state index in [4.69, 9.17) is 10.5 Å². The number of halogens is 1. The number of rotatable bonds is 3. The molecular weight excluding hydrogens is 374 g/mol. The summed E-state index contributed by atoms with van der Waals surface area (Å²) in [5.74, 6) is 0. The van der Waals surface area contributed by atoms with E-state index in [0.717, 1.165) is 32.3 Å². The topological polar surface area (TPSA) is 52.5 Å². The van der Waals surface area contributed by atoms with Crippen LogP contribution in [-0.2, 0) is 0 Å². The first-order chi connectivity index (χ1) is 12.1. The predicted octanol–water partition coefficient (Wildman–Crippen LogP) is 5.67. The van der Waals surface area contributed by atoms with Gasteiger partial charge in [-0.25, -0.2) is 0 Å². The van der Waals surface area contributed by atoms with Gasteiger partial charge in [0.05, 0.1) is 28.9 Å². The van der Waals surface area contributed by atoms with Crippen molar-refractivity contribution < 1.29 is 0 Å². The number of nitrogens with zero attached hydrogens (tertiary/aromatic N) is 3. The quantitative estimate of drug-likeness (QED) is 0.429. The van der Waals surface area contributed by atoms with Gasteiger partial charge in [-0.3, -0.25) is 0 Å². The Morgan fingerprint density at radius 2 is 1.96 bits per heavy atom. The average Bonchev–Trinajstić information content (AvgIpc) is 2.92. The summed E-state index contributed by atoms with van der Waals surface area (Å²) < 4.78 is 2.96. The normalized spacial score (nSPS) is 10.7. The molecule has 0 atom stereocenters. The zero-order valence-corrected chi connectivity index (χ0v) is 15.2. The van der Waals surface area contributed by atoms with Crippen LogP contribution in [0.3, 0.4) is 0 Å². The van der Waals surface area contributed by atoms with Gasteiger partial charge in [-0.05, 0) is 64.8 Å². The number of nitriles is 2. The smallest absolute Gasteiger partial charge is 0.0992 e. The lowest BCUT2D eigenvalue weighted by Crippen LogP contribution is -1.98. The van der Waals surface area contributed by atoms with Crippen LogP contribution in [-0.4, -0.2) is 4.57 Å². The highest BCUT2D eigenvalue weighted by atomic mass is 79.9. The van der Waals surface area contributed by atoms with Crippen LogP contribution < -0.4 is 0 Å². The largest absolute Gasteiger partial charge is 0.308 e. The first kappa shape index (κ1) is 16.8.